The average molecular weight is 257 g/mol. The van der Waals surface area contributed by atoms with Gasteiger partial charge in [-0.05, 0) is 24.3 Å². The summed E-state index contributed by atoms with van der Waals surface area (Å²) in [6.45, 7) is 0.201. The SMILES string of the molecule is COc1ccccc1COc1ccc(C#N)cc1F. The van der Waals surface area contributed by atoms with Gasteiger partial charge in [0.05, 0.1) is 18.7 Å². The predicted octanol–water partition coefficient (Wildman–Crippen LogP) is 3.28. The van der Waals surface area contributed by atoms with Gasteiger partial charge in [-0.15, -0.1) is 0 Å². The van der Waals surface area contributed by atoms with Crippen LogP contribution in [0.3, 0.4) is 0 Å². The molecule has 0 heterocycles. The highest BCUT2D eigenvalue weighted by molar-refractivity contribution is 5.37. The van der Waals surface area contributed by atoms with E-state index < -0.39 is 5.82 Å². The number of nitrogens with zero attached hydrogens (tertiary/aromatic N) is 1. The molecule has 0 aromatic heterocycles. The van der Waals surface area contributed by atoms with Crippen molar-refractivity contribution in [2.24, 2.45) is 0 Å². The molecule has 19 heavy (non-hydrogen) atoms. The van der Waals surface area contributed by atoms with Crippen molar-refractivity contribution in [2.75, 3.05) is 7.11 Å². The van der Waals surface area contributed by atoms with Crippen LogP contribution in [0.15, 0.2) is 42.5 Å². The summed E-state index contributed by atoms with van der Waals surface area (Å²) >= 11 is 0. The Hall–Kier alpha value is -2.54. The zero-order chi connectivity index (χ0) is 13.7. The van der Waals surface area contributed by atoms with Gasteiger partial charge in [0.1, 0.15) is 12.4 Å². The van der Waals surface area contributed by atoms with Crippen molar-refractivity contribution in [3.05, 3.63) is 59.4 Å². The first-order valence-corrected chi connectivity index (χ1v) is 5.69. The second kappa shape index (κ2) is 5.87. The lowest BCUT2D eigenvalue weighted by Crippen LogP contribution is -2.00. The minimum Gasteiger partial charge on any atom is -0.496 e. The summed E-state index contributed by atoms with van der Waals surface area (Å²) in [4.78, 5) is 0. The third-order valence-corrected chi connectivity index (χ3v) is 2.64. The summed E-state index contributed by atoms with van der Waals surface area (Å²) in [7, 11) is 1.57. The number of methoxy groups -OCH3 is 1. The Labute approximate surface area is 110 Å². The van der Waals surface area contributed by atoms with E-state index in [1.807, 2.05) is 30.3 Å². The summed E-state index contributed by atoms with van der Waals surface area (Å²) in [5.74, 6) is 0.260. The van der Waals surface area contributed by atoms with Gasteiger partial charge in [-0.25, -0.2) is 4.39 Å². The first-order valence-electron chi connectivity index (χ1n) is 5.69. The topological polar surface area (TPSA) is 42.2 Å². The van der Waals surface area contributed by atoms with E-state index in [0.717, 1.165) is 11.6 Å². The molecule has 2 aromatic carbocycles. The van der Waals surface area contributed by atoms with Gasteiger partial charge >= 0.3 is 0 Å². The summed E-state index contributed by atoms with van der Waals surface area (Å²) in [6.07, 6.45) is 0. The summed E-state index contributed by atoms with van der Waals surface area (Å²) in [5, 5.41) is 8.66. The van der Waals surface area contributed by atoms with Crippen molar-refractivity contribution in [1.82, 2.24) is 0 Å². The molecule has 0 atom stereocenters. The Bertz CT molecular complexity index is 620. The molecular weight excluding hydrogens is 245 g/mol. The molecule has 0 fully saturated rings. The zero-order valence-corrected chi connectivity index (χ0v) is 10.4. The molecule has 0 N–H and O–H groups in total. The zero-order valence-electron chi connectivity index (χ0n) is 10.4. The summed E-state index contributed by atoms with van der Waals surface area (Å²) < 4.78 is 24.2. The van der Waals surface area contributed by atoms with Crippen LogP contribution in [0, 0.1) is 17.1 Å². The van der Waals surface area contributed by atoms with E-state index in [-0.39, 0.29) is 17.9 Å². The van der Waals surface area contributed by atoms with Crippen LogP contribution in [0.1, 0.15) is 11.1 Å². The number of ether oxygens (including phenoxy) is 2. The van der Waals surface area contributed by atoms with E-state index in [1.54, 1.807) is 7.11 Å². The summed E-state index contributed by atoms with van der Waals surface area (Å²) in [5.41, 5.74) is 1.09. The monoisotopic (exact) mass is 257 g/mol. The fourth-order valence-corrected chi connectivity index (χ4v) is 1.67. The molecule has 0 spiro atoms. The first kappa shape index (κ1) is 12.9. The summed E-state index contributed by atoms with van der Waals surface area (Å²) in [6, 6.07) is 13.4. The molecule has 0 aliphatic rings. The number of hydrogen-bond donors (Lipinski definition) is 0. The van der Waals surface area contributed by atoms with E-state index >= 15 is 0 Å². The highest BCUT2D eigenvalue weighted by Gasteiger charge is 2.07. The molecule has 0 saturated carbocycles. The van der Waals surface area contributed by atoms with Crippen molar-refractivity contribution in [2.45, 2.75) is 6.61 Å². The molecule has 0 aliphatic heterocycles. The smallest absolute Gasteiger partial charge is 0.166 e. The maximum absolute atomic E-state index is 13.6. The molecule has 96 valence electrons. The fourth-order valence-electron chi connectivity index (χ4n) is 1.67. The Balaban J connectivity index is 2.13. The molecule has 0 radical (unpaired) electrons. The van der Waals surface area contributed by atoms with Gasteiger partial charge in [0, 0.05) is 5.56 Å². The van der Waals surface area contributed by atoms with Crippen LogP contribution in [0.5, 0.6) is 11.5 Å². The molecular formula is C15H12FNO2. The van der Waals surface area contributed by atoms with Crippen LogP contribution >= 0.6 is 0 Å². The lowest BCUT2D eigenvalue weighted by atomic mass is 10.2. The number of nitriles is 1. The second-order valence-corrected chi connectivity index (χ2v) is 3.86. The molecule has 0 bridgehead atoms. The van der Waals surface area contributed by atoms with E-state index in [0.29, 0.717) is 5.75 Å². The van der Waals surface area contributed by atoms with Crippen LogP contribution in [-0.4, -0.2) is 7.11 Å². The van der Waals surface area contributed by atoms with Gasteiger partial charge in [-0.3, -0.25) is 0 Å². The molecule has 2 rings (SSSR count). The number of hydrogen-bond acceptors (Lipinski definition) is 3. The third kappa shape index (κ3) is 3.02. The quantitative estimate of drug-likeness (QED) is 0.844. The molecule has 0 amide bonds. The molecule has 0 aliphatic carbocycles. The number of rotatable bonds is 4. The minimum atomic E-state index is -0.547. The standard InChI is InChI=1S/C15H12FNO2/c1-18-14-5-3-2-4-12(14)10-19-15-7-6-11(9-17)8-13(15)16/h2-8H,10H2,1H3. The van der Waals surface area contributed by atoms with Crippen LogP contribution in [0.4, 0.5) is 4.39 Å². The van der Waals surface area contributed by atoms with E-state index in [2.05, 4.69) is 0 Å². The maximum atomic E-state index is 13.6. The maximum Gasteiger partial charge on any atom is 0.166 e. The molecule has 3 nitrogen and oxygen atoms in total. The van der Waals surface area contributed by atoms with E-state index in [1.165, 1.54) is 12.1 Å². The third-order valence-electron chi connectivity index (χ3n) is 2.64. The lowest BCUT2D eigenvalue weighted by molar-refractivity contribution is 0.282. The van der Waals surface area contributed by atoms with Crippen molar-refractivity contribution in [1.29, 1.82) is 5.26 Å². The second-order valence-electron chi connectivity index (χ2n) is 3.86. The number of benzene rings is 2. The lowest BCUT2D eigenvalue weighted by Gasteiger charge is -2.10. The average Bonchev–Trinajstić information content (AvgIpc) is 2.46. The highest BCUT2D eigenvalue weighted by Crippen LogP contribution is 2.22. The van der Waals surface area contributed by atoms with Gasteiger partial charge in [0.2, 0.25) is 0 Å². The molecule has 2 aromatic rings. The number of halogens is 1. The van der Waals surface area contributed by atoms with Crippen molar-refractivity contribution >= 4 is 0 Å². The van der Waals surface area contributed by atoms with Crippen LogP contribution in [0.2, 0.25) is 0 Å². The normalized spacial score (nSPS) is 9.74. The van der Waals surface area contributed by atoms with Crippen molar-refractivity contribution in [3.8, 4) is 17.6 Å². The van der Waals surface area contributed by atoms with Crippen LogP contribution in [-0.2, 0) is 6.61 Å². The molecule has 0 saturated heterocycles. The van der Waals surface area contributed by atoms with Gasteiger partial charge in [-0.2, -0.15) is 5.26 Å². The Kier molecular flexibility index (Phi) is 3.99. The molecule has 0 unspecified atom stereocenters. The van der Waals surface area contributed by atoms with Gasteiger partial charge in [0.25, 0.3) is 0 Å². The minimum absolute atomic E-state index is 0.116. The number of para-hydroxylation sites is 1. The predicted molar refractivity (Wildman–Crippen MR) is 68.4 cm³/mol. The van der Waals surface area contributed by atoms with Crippen molar-refractivity contribution < 1.29 is 13.9 Å². The Morgan fingerprint density at radius 2 is 1.95 bits per heavy atom. The fraction of sp³-hybridized carbons (Fsp3) is 0.133. The Morgan fingerprint density at radius 3 is 2.63 bits per heavy atom. The van der Waals surface area contributed by atoms with Gasteiger partial charge in [0.15, 0.2) is 11.6 Å². The Morgan fingerprint density at radius 1 is 1.16 bits per heavy atom. The van der Waals surface area contributed by atoms with E-state index in [4.69, 9.17) is 14.7 Å². The van der Waals surface area contributed by atoms with Crippen molar-refractivity contribution in [3.63, 3.8) is 0 Å². The highest BCUT2D eigenvalue weighted by atomic mass is 19.1. The van der Waals surface area contributed by atoms with Crippen LogP contribution < -0.4 is 9.47 Å². The van der Waals surface area contributed by atoms with Crippen LogP contribution in [0.25, 0.3) is 0 Å². The largest absolute Gasteiger partial charge is 0.496 e. The first-order chi connectivity index (χ1) is 9.24. The van der Waals surface area contributed by atoms with Gasteiger partial charge < -0.3 is 9.47 Å². The van der Waals surface area contributed by atoms with Gasteiger partial charge in [-0.1, -0.05) is 18.2 Å². The molecule has 4 heteroatoms. The van der Waals surface area contributed by atoms with E-state index in [9.17, 15) is 4.39 Å².